The number of thioether (sulfide) groups is 1. The molecule has 4 aromatic rings. The Morgan fingerprint density at radius 3 is 2.69 bits per heavy atom. The topological polar surface area (TPSA) is 76.6 Å². The van der Waals surface area contributed by atoms with Crippen LogP contribution >= 0.6 is 11.8 Å². The Balaban J connectivity index is 1.22. The molecule has 7 nitrogen and oxygen atoms in total. The maximum Gasteiger partial charge on any atom is 0.228 e. The van der Waals surface area contributed by atoms with E-state index in [9.17, 15) is 5.11 Å². The first-order chi connectivity index (χ1) is 15.8. The number of benzene rings is 2. The van der Waals surface area contributed by atoms with Gasteiger partial charge < -0.3 is 19.2 Å². The smallest absolute Gasteiger partial charge is 0.228 e. The van der Waals surface area contributed by atoms with Crippen molar-refractivity contribution in [1.82, 2.24) is 14.8 Å². The summed E-state index contributed by atoms with van der Waals surface area (Å²) in [4.78, 5) is 2.26. The third kappa shape index (κ3) is 4.76. The van der Waals surface area contributed by atoms with Gasteiger partial charge in [-0.3, -0.25) is 4.57 Å². The quantitative estimate of drug-likeness (QED) is 0.383. The Bertz CT molecular complexity index is 1160. The van der Waals surface area contributed by atoms with Gasteiger partial charge >= 0.3 is 0 Å². The zero-order valence-electron chi connectivity index (χ0n) is 17.8. The average molecular weight is 451 g/mol. The Kier molecular flexibility index (Phi) is 6.31. The molecule has 1 aliphatic heterocycles. The Labute approximate surface area is 191 Å². The van der Waals surface area contributed by atoms with E-state index in [0.717, 1.165) is 41.1 Å². The largest absolute Gasteiger partial charge is 0.491 e. The SMILES string of the molecule is OC(COc1ccc2ccccc2c1)CSc1nnc(N2CCCC2)n1Cc1ccco1. The lowest BCUT2D eigenvalue weighted by atomic mass is 10.1. The number of fused-ring (bicyclic) bond motifs is 1. The minimum absolute atomic E-state index is 0.219. The highest BCUT2D eigenvalue weighted by molar-refractivity contribution is 7.99. The highest BCUT2D eigenvalue weighted by Crippen LogP contribution is 2.27. The lowest BCUT2D eigenvalue weighted by Crippen LogP contribution is -2.23. The van der Waals surface area contributed by atoms with Gasteiger partial charge in [-0.1, -0.05) is 42.1 Å². The van der Waals surface area contributed by atoms with Crippen LogP contribution in [-0.2, 0) is 6.54 Å². The number of aliphatic hydroxyl groups excluding tert-OH is 1. The summed E-state index contributed by atoms with van der Waals surface area (Å²) < 4.78 is 13.5. The van der Waals surface area contributed by atoms with Crippen molar-refractivity contribution in [2.45, 2.75) is 30.6 Å². The molecule has 0 saturated carbocycles. The molecule has 2 aromatic heterocycles. The molecule has 1 unspecified atom stereocenters. The number of aliphatic hydroxyl groups is 1. The first kappa shape index (κ1) is 20.9. The van der Waals surface area contributed by atoms with E-state index in [4.69, 9.17) is 9.15 Å². The van der Waals surface area contributed by atoms with E-state index in [2.05, 4.69) is 31.8 Å². The van der Waals surface area contributed by atoms with Crippen molar-refractivity contribution in [2.75, 3.05) is 30.3 Å². The number of rotatable bonds is 9. The minimum Gasteiger partial charge on any atom is -0.491 e. The number of hydrogen-bond donors (Lipinski definition) is 1. The third-order valence-electron chi connectivity index (χ3n) is 5.55. The average Bonchev–Trinajstić information content (AvgIpc) is 3.59. The summed E-state index contributed by atoms with van der Waals surface area (Å²) in [6.45, 7) is 2.76. The van der Waals surface area contributed by atoms with Gasteiger partial charge in [-0.15, -0.1) is 10.2 Å². The normalized spacial score (nSPS) is 14.8. The first-order valence-corrected chi connectivity index (χ1v) is 11.9. The number of anilines is 1. The summed E-state index contributed by atoms with van der Waals surface area (Å²) in [5.74, 6) is 2.93. The second-order valence-electron chi connectivity index (χ2n) is 7.93. The second kappa shape index (κ2) is 9.67. The minimum atomic E-state index is -0.629. The number of hydrogen-bond acceptors (Lipinski definition) is 7. The molecule has 1 atom stereocenters. The molecule has 5 rings (SSSR count). The Morgan fingerprint density at radius 1 is 1.03 bits per heavy atom. The van der Waals surface area contributed by atoms with E-state index in [1.807, 2.05) is 42.5 Å². The van der Waals surface area contributed by atoms with Crippen LogP contribution in [0, 0.1) is 0 Å². The summed E-state index contributed by atoms with van der Waals surface area (Å²) in [7, 11) is 0. The summed E-state index contributed by atoms with van der Waals surface area (Å²) in [6, 6.07) is 17.9. The van der Waals surface area contributed by atoms with Crippen LogP contribution in [0.2, 0.25) is 0 Å². The highest BCUT2D eigenvalue weighted by Gasteiger charge is 2.22. The van der Waals surface area contributed by atoms with Crippen molar-refractivity contribution in [1.29, 1.82) is 0 Å². The van der Waals surface area contributed by atoms with Gasteiger partial charge in [0, 0.05) is 18.8 Å². The van der Waals surface area contributed by atoms with Crippen molar-refractivity contribution in [3.63, 3.8) is 0 Å². The molecule has 0 spiro atoms. The van der Waals surface area contributed by atoms with E-state index < -0.39 is 6.10 Å². The summed E-state index contributed by atoms with van der Waals surface area (Å²) in [6.07, 6.45) is 3.38. The molecule has 1 N–H and O–H groups in total. The van der Waals surface area contributed by atoms with Gasteiger partial charge in [0.25, 0.3) is 0 Å². The first-order valence-electron chi connectivity index (χ1n) is 10.9. The molecule has 0 aliphatic carbocycles. The van der Waals surface area contributed by atoms with E-state index in [0.29, 0.717) is 12.3 Å². The van der Waals surface area contributed by atoms with Crippen molar-refractivity contribution >= 4 is 28.5 Å². The molecule has 3 heterocycles. The van der Waals surface area contributed by atoms with Gasteiger partial charge in [-0.2, -0.15) is 0 Å². The fourth-order valence-corrected chi connectivity index (χ4v) is 4.74. The molecule has 0 amide bonds. The van der Waals surface area contributed by atoms with Gasteiger partial charge in [-0.05, 0) is 47.9 Å². The molecule has 0 radical (unpaired) electrons. The summed E-state index contributed by atoms with van der Waals surface area (Å²) >= 11 is 1.49. The van der Waals surface area contributed by atoms with E-state index in [-0.39, 0.29) is 6.61 Å². The molecule has 2 aromatic carbocycles. The van der Waals surface area contributed by atoms with Crippen LogP contribution in [0.4, 0.5) is 5.95 Å². The fraction of sp³-hybridized carbons (Fsp3) is 0.333. The second-order valence-corrected chi connectivity index (χ2v) is 8.91. The van der Waals surface area contributed by atoms with Gasteiger partial charge in [0.15, 0.2) is 5.16 Å². The van der Waals surface area contributed by atoms with Gasteiger partial charge in [-0.25, -0.2) is 0 Å². The lowest BCUT2D eigenvalue weighted by molar-refractivity contribution is 0.126. The molecule has 0 bridgehead atoms. The van der Waals surface area contributed by atoms with E-state index >= 15 is 0 Å². The van der Waals surface area contributed by atoms with Crippen LogP contribution in [0.1, 0.15) is 18.6 Å². The van der Waals surface area contributed by atoms with Crippen LogP contribution in [-0.4, -0.2) is 51.4 Å². The monoisotopic (exact) mass is 450 g/mol. The van der Waals surface area contributed by atoms with E-state index in [1.54, 1.807) is 6.26 Å². The number of nitrogens with zero attached hydrogens (tertiary/aromatic N) is 4. The van der Waals surface area contributed by atoms with Crippen molar-refractivity contribution in [3.05, 3.63) is 66.6 Å². The van der Waals surface area contributed by atoms with Gasteiger partial charge in [0.05, 0.1) is 18.9 Å². The van der Waals surface area contributed by atoms with Crippen molar-refractivity contribution in [3.8, 4) is 5.75 Å². The lowest BCUT2D eigenvalue weighted by Gasteiger charge is -2.18. The van der Waals surface area contributed by atoms with Crippen LogP contribution in [0.15, 0.2) is 70.4 Å². The standard InChI is InChI=1S/C24H26N4O3S/c29-20(16-31-21-10-9-18-6-1-2-7-19(18)14-21)17-32-24-26-25-23(27-11-3-4-12-27)28(24)15-22-8-5-13-30-22/h1-2,5-10,13-14,20,29H,3-4,11-12,15-17H2. The maximum atomic E-state index is 10.5. The van der Waals surface area contributed by atoms with Gasteiger partial charge in [0.2, 0.25) is 5.95 Å². The molecule has 8 heteroatoms. The van der Waals surface area contributed by atoms with Crippen LogP contribution < -0.4 is 9.64 Å². The maximum absolute atomic E-state index is 10.5. The number of aromatic nitrogens is 3. The van der Waals surface area contributed by atoms with E-state index in [1.165, 1.54) is 30.0 Å². The fourth-order valence-electron chi connectivity index (χ4n) is 3.90. The highest BCUT2D eigenvalue weighted by atomic mass is 32.2. The zero-order chi connectivity index (χ0) is 21.8. The molecule has 32 heavy (non-hydrogen) atoms. The molecule has 1 fully saturated rings. The molecule has 1 saturated heterocycles. The third-order valence-corrected chi connectivity index (χ3v) is 6.66. The van der Waals surface area contributed by atoms with Crippen molar-refractivity contribution in [2.24, 2.45) is 0 Å². The Hall–Kier alpha value is -2.97. The predicted octanol–water partition coefficient (Wildman–Crippen LogP) is 4.20. The van der Waals surface area contributed by atoms with Gasteiger partial charge in [0.1, 0.15) is 18.1 Å². The zero-order valence-corrected chi connectivity index (χ0v) is 18.6. The van der Waals surface area contributed by atoms with Crippen molar-refractivity contribution < 1.29 is 14.3 Å². The number of ether oxygens (including phenoxy) is 1. The van der Waals surface area contributed by atoms with Crippen LogP contribution in [0.25, 0.3) is 10.8 Å². The van der Waals surface area contributed by atoms with Crippen LogP contribution in [0.5, 0.6) is 5.75 Å². The molecular weight excluding hydrogens is 424 g/mol. The molecule has 1 aliphatic rings. The predicted molar refractivity (Wildman–Crippen MR) is 125 cm³/mol. The van der Waals surface area contributed by atoms with Crippen LogP contribution in [0.3, 0.4) is 0 Å². The Morgan fingerprint density at radius 2 is 1.88 bits per heavy atom. The summed E-state index contributed by atoms with van der Waals surface area (Å²) in [5, 5.41) is 22.4. The number of furan rings is 1. The molecule has 166 valence electrons. The summed E-state index contributed by atoms with van der Waals surface area (Å²) in [5.41, 5.74) is 0. The molecular formula is C24H26N4O3S.